The van der Waals surface area contributed by atoms with Crippen LogP contribution in [0.3, 0.4) is 0 Å². The maximum absolute atomic E-state index is 11.1. The lowest BCUT2D eigenvalue weighted by atomic mass is 10.1. The van der Waals surface area contributed by atoms with Crippen LogP contribution >= 0.6 is 0 Å². The van der Waals surface area contributed by atoms with Gasteiger partial charge in [0.2, 0.25) is 0 Å². The van der Waals surface area contributed by atoms with E-state index in [2.05, 4.69) is 17.2 Å². The van der Waals surface area contributed by atoms with Gasteiger partial charge < -0.3 is 10.4 Å². The first-order valence-corrected chi connectivity index (χ1v) is 5.59. The smallest absolute Gasteiger partial charge is 0.337 e. The van der Waals surface area contributed by atoms with Gasteiger partial charge in [-0.3, -0.25) is 0 Å². The summed E-state index contributed by atoms with van der Waals surface area (Å²) in [7, 11) is 0. The molecule has 4 nitrogen and oxygen atoms in total. The van der Waals surface area contributed by atoms with Gasteiger partial charge in [-0.2, -0.15) is 0 Å². The molecular weight excluding hydrogens is 216 g/mol. The molecule has 2 N–H and O–H groups in total. The number of carbonyl (C=O) groups is 1. The van der Waals surface area contributed by atoms with Crippen LogP contribution in [-0.2, 0) is 0 Å². The van der Waals surface area contributed by atoms with E-state index in [9.17, 15) is 4.79 Å². The third-order valence-electron chi connectivity index (χ3n) is 2.57. The van der Waals surface area contributed by atoms with Gasteiger partial charge in [0.05, 0.1) is 5.56 Å². The topological polar surface area (TPSA) is 62.2 Å². The van der Waals surface area contributed by atoms with Crippen LogP contribution in [0.25, 0.3) is 10.8 Å². The molecule has 0 aliphatic rings. The van der Waals surface area contributed by atoms with Crippen molar-refractivity contribution in [2.45, 2.75) is 13.3 Å². The van der Waals surface area contributed by atoms with Gasteiger partial charge in [-0.15, -0.1) is 0 Å². The van der Waals surface area contributed by atoms with Gasteiger partial charge in [0.15, 0.2) is 0 Å². The second-order valence-corrected chi connectivity index (χ2v) is 3.80. The Kier molecular flexibility index (Phi) is 3.23. The molecule has 0 atom stereocenters. The minimum Gasteiger partial charge on any atom is -0.478 e. The van der Waals surface area contributed by atoms with Crippen molar-refractivity contribution in [1.29, 1.82) is 0 Å². The summed E-state index contributed by atoms with van der Waals surface area (Å²) in [6, 6.07) is 7.40. The zero-order valence-corrected chi connectivity index (χ0v) is 9.60. The molecule has 1 heterocycles. The highest BCUT2D eigenvalue weighted by Crippen LogP contribution is 2.24. The molecule has 0 aliphatic carbocycles. The van der Waals surface area contributed by atoms with Crippen LogP contribution in [0.2, 0.25) is 0 Å². The van der Waals surface area contributed by atoms with E-state index in [0.29, 0.717) is 5.39 Å². The Morgan fingerprint density at radius 1 is 1.35 bits per heavy atom. The van der Waals surface area contributed by atoms with Crippen molar-refractivity contribution in [1.82, 2.24) is 4.98 Å². The lowest BCUT2D eigenvalue weighted by Crippen LogP contribution is -2.05. The summed E-state index contributed by atoms with van der Waals surface area (Å²) in [4.78, 5) is 15.3. The van der Waals surface area contributed by atoms with Gasteiger partial charge in [-0.25, -0.2) is 9.78 Å². The summed E-state index contributed by atoms with van der Waals surface area (Å²) >= 11 is 0. The molecule has 0 spiro atoms. The summed E-state index contributed by atoms with van der Waals surface area (Å²) in [6.07, 6.45) is 2.40. The van der Waals surface area contributed by atoms with Crippen LogP contribution in [0.15, 0.2) is 30.5 Å². The van der Waals surface area contributed by atoms with Crippen molar-refractivity contribution in [3.05, 3.63) is 36.0 Å². The Hall–Kier alpha value is -2.10. The summed E-state index contributed by atoms with van der Waals surface area (Å²) < 4.78 is 0. The maximum Gasteiger partial charge on any atom is 0.337 e. The Balaban J connectivity index is 2.58. The standard InChI is InChI=1S/C13H14N2O2/c1-2-7-14-12-10-6-4-3-5-9(10)11(8-15-12)13(16)17/h3-6,8H,2,7H2,1H3,(H,14,15)(H,16,17). The first kappa shape index (κ1) is 11.4. The third kappa shape index (κ3) is 2.20. The van der Waals surface area contributed by atoms with E-state index in [-0.39, 0.29) is 5.56 Å². The SMILES string of the molecule is CCCNc1ncc(C(=O)O)c2ccccc12. The van der Waals surface area contributed by atoms with Gasteiger partial charge in [-0.05, 0) is 6.42 Å². The monoisotopic (exact) mass is 230 g/mol. The van der Waals surface area contributed by atoms with Crippen LogP contribution in [0.1, 0.15) is 23.7 Å². The van der Waals surface area contributed by atoms with Crippen LogP contribution in [0, 0.1) is 0 Å². The highest BCUT2D eigenvalue weighted by Gasteiger charge is 2.11. The zero-order valence-electron chi connectivity index (χ0n) is 9.60. The number of fused-ring (bicyclic) bond motifs is 1. The Morgan fingerprint density at radius 2 is 2.06 bits per heavy atom. The molecular formula is C13H14N2O2. The van der Waals surface area contributed by atoms with E-state index in [1.807, 2.05) is 18.2 Å². The molecule has 0 aliphatic heterocycles. The summed E-state index contributed by atoms with van der Waals surface area (Å²) in [5.41, 5.74) is 0.239. The van der Waals surface area contributed by atoms with Gasteiger partial charge >= 0.3 is 5.97 Å². The molecule has 4 heteroatoms. The average Bonchev–Trinajstić information content (AvgIpc) is 2.35. The number of hydrogen-bond donors (Lipinski definition) is 2. The number of carboxylic acid groups (broad SMARTS) is 1. The van der Waals surface area contributed by atoms with Crippen molar-refractivity contribution < 1.29 is 9.90 Å². The van der Waals surface area contributed by atoms with Crippen LogP contribution < -0.4 is 5.32 Å². The van der Waals surface area contributed by atoms with Crippen molar-refractivity contribution in [3.63, 3.8) is 0 Å². The minimum atomic E-state index is -0.948. The molecule has 17 heavy (non-hydrogen) atoms. The lowest BCUT2D eigenvalue weighted by molar-refractivity contribution is 0.0698. The predicted molar refractivity (Wildman–Crippen MR) is 67.5 cm³/mol. The molecule has 1 aromatic heterocycles. The first-order chi connectivity index (χ1) is 8.24. The number of carboxylic acids is 1. The summed E-state index contributed by atoms with van der Waals surface area (Å²) in [6.45, 7) is 2.89. The van der Waals surface area contributed by atoms with E-state index < -0.39 is 5.97 Å². The van der Waals surface area contributed by atoms with Gasteiger partial charge in [0.25, 0.3) is 0 Å². The van der Waals surface area contributed by atoms with Gasteiger partial charge in [0.1, 0.15) is 5.82 Å². The summed E-state index contributed by atoms with van der Waals surface area (Å²) in [5, 5.41) is 13.9. The molecule has 0 bridgehead atoms. The number of pyridine rings is 1. The van der Waals surface area contributed by atoms with Crippen molar-refractivity contribution in [2.75, 3.05) is 11.9 Å². The van der Waals surface area contributed by atoms with E-state index >= 15 is 0 Å². The number of aromatic carboxylic acids is 1. The van der Waals surface area contributed by atoms with Crippen LogP contribution in [0.4, 0.5) is 5.82 Å². The normalized spacial score (nSPS) is 10.4. The number of hydrogen-bond acceptors (Lipinski definition) is 3. The lowest BCUT2D eigenvalue weighted by Gasteiger charge is -2.09. The molecule has 0 unspecified atom stereocenters. The largest absolute Gasteiger partial charge is 0.478 e. The molecule has 0 saturated carbocycles. The molecule has 2 aromatic rings. The van der Waals surface area contributed by atoms with E-state index in [1.54, 1.807) is 6.07 Å². The zero-order chi connectivity index (χ0) is 12.3. The van der Waals surface area contributed by atoms with Gasteiger partial charge in [-0.1, -0.05) is 31.2 Å². The molecule has 0 amide bonds. The highest BCUT2D eigenvalue weighted by molar-refractivity contribution is 6.06. The van der Waals surface area contributed by atoms with Crippen molar-refractivity contribution in [2.24, 2.45) is 0 Å². The second-order valence-electron chi connectivity index (χ2n) is 3.80. The molecule has 0 fully saturated rings. The average molecular weight is 230 g/mol. The Labute approximate surface area is 99.3 Å². The quantitative estimate of drug-likeness (QED) is 0.847. The number of nitrogens with one attached hydrogen (secondary N) is 1. The fraction of sp³-hybridized carbons (Fsp3) is 0.231. The fourth-order valence-electron chi connectivity index (χ4n) is 1.75. The number of benzene rings is 1. The molecule has 88 valence electrons. The Morgan fingerprint density at radius 3 is 2.71 bits per heavy atom. The number of nitrogens with zero attached hydrogens (tertiary/aromatic N) is 1. The third-order valence-corrected chi connectivity index (χ3v) is 2.57. The number of rotatable bonds is 4. The van der Waals surface area contributed by atoms with E-state index in [1.165, 1.54) is 6.20 Å². The predicted octanol–water partition coefficient (Wildman–Crippen LogP) is 2.75. The highest BCUT2D eigenvalue weighted by atomic mass is 16.4. The molecule has 0 saturated heterocycles. The van der Waals surface area contributed by atoms with Gasteiger partial charge in [0, 0.05) is 23.5 Å². The van der Waals surface area contributed by atoms with E-state index in [4.69, 9.17) is 5.11 Å². The summed E-state index contributed by atoms with van der Waals surface area (Å²) in [5.74, 6) is -0.205. The number of aromatic nitrogens is 1. The first-order valence-electron chi connectivity index (χ1n) is 5.59. The van der Waals surface area contributed by atoms with Crippen molar-refractivity contribution in [3.8, 4) is 0 Å². The van der Waals surface area contributed by atoms with E-state index in [0.717, 1.165) is 24.2 Å². The van der Waals surface area contributed by atoms with Crippen LogP contribution in [-0.4, -0.2) is 22.6 Å². The van der Waals surface area contributed by atoms with Crippen LogP contribution in [0.5, 0.6) is 0 Å². The second kappa shape index (κ2) is 4.82. The number of anilines is 1. The Bertz CT molecular complexity index is 552. The molecule has 1 aromatic carbocycles. The molecule has 0 radical (unpaired) electrons. The molecule has 2 rings (SSSR count). The van der Waals surface area contributed by atoms with Crippen molar-refractivity contribution >= 4 is 22.6 Å². The minimum absolute atomic E-state index is 0.239. The fourth-order valence-corrected chi connectivity index (χ4v) is 1.75. The maximum atomic E-state index is 11.1.